The van der Waals surface area contributed by atoms with Crippen molar-refractivity contribution in [2.24, 2.45) is 13.0 Å². The molecule has 406 valence electrons. The Morgan fingerprint density at radius 1 is 0.859 bits per heavy atom. The van der Waals surface area contributed by atoms with Crippen LogP contribution in [0.25, 0.3) is 32.2 Å². The fourth-order valence-electron chi connectivity index (χ4n) is 12.2. The van der Waals surface area contributed by atoms with E-state index in [-0.39, 0.29) is 35.1 Å². The number of benzene rings is 4. The van der Waals surface area contributed by atoms with Crippen LogP contribution in [0.2, 0.25) is 0 Å². The van der Waals surface area contributed by atoms with Gasteiger partial charge in [0, 0.05) is 73.9 Å². The molecule has 1 atom stereocenters. The minimum atomic E-state index is -0.735. The zero-order valence-corrected chi connectivity index (χ0v) is 46.8. The Bertz CT molecular complexity index is 3410. The molecule has 0 bridgehead atoms. The van der Waals surface area contributed by atoms with Gasteiger partial charge in [-0.15, -0.1) is 0 Å². The summed E-state index contributed by atoms with van der Waals surface area (Å²) in [6.45, 7) is 17.4. The van der Waals surface area contributed by atoms with Gasteiger partial charge in [0.15, 0.2) is 10.8 Å². The number of aromatic nitrogens is 4. The van der Waals surface area contributed by atoms with Gasteiger partial charge in [0.2, 0.25) is 11.8 Å². The molecule has 0 radical (unpaired) electrons. The minimum absolute atomic E-state index is 0.00766. The zero-order valence-electron chi connectivity index (χ0n) is 46.0. The maximum Gasteiger partial charge on any atom is 0.358 e. The van der Waals surface area contributed by atoms with E-state index in [9.17, 15) is 19.2 Å². The van der Waals surface area contributed by atoms with Crippen LogP contribution in [0.3, 0.4) is 0 Å². The van der Waals surface area contributed by atoms with E-state index in [2.05, 4.69) is 75.4 Å². The van der Waals surface area contributed by atoms with E-state index in [4.69, 9.17) is 19.6 Å². The van der Waals surface area contributed by atoms with E-state index < -0.39 is 17.5 Å². The van der Waals surface area contributed by atoms with Crippen LogP contribution in [0.15, 0.2) is 91.0 Å². The first kappa shape index (κ1) is 52.9. The highest BCUT2D eigenvalue weighted by Crippen LogP contribution is 2.39. The third-order valence-corrected chi connectivity index (χ3v) is 17.4. The van der Waals surface area contributed by atoms with Crippen LogP contribution in [0.4, 0.5) is 16.6 Å². The molecule has 3 aliphatic heterocycles. The van der Waals surface area contributed by atoms with Crippen molar-refractivity contribution in [2.45, 2.75) is 129 Å². The molecule has 78 heavy (non-hydrogen) atoms. The Balaban J connectivity index is 0.704. The monoisotopic (exact) mass is 1070 g/mol. The number of fused-ring (bicyclic) bond motifs is 3. The number of piperazine rings is 1. The van der Waals surface area contributed by atoms with Crippen LogP contribution >= 0.6 is 11.3 Å². The number of thiazole rings is 1. The van der Waals surface area contributed by atoms with Gasteiger partial charge in [0.25, 0.3) is 5.91 Å². The molecule has 3 fully saturated rings. The number of aryl methyl sites for hydroxylation is 1. The van der Waals surface area contributed by atoms with Crippen molar-refractivity contribution in [3.8, 4) is 16.9 Å². The lowest BCUT2D eigenvalue weighted by Gasteiger charge is -2.48. The molecule has 2 N–H and O–H groups in total. The molecule has 1 aliphatic carbocycles. The molecule has 11 rings (SSSR count). The van der Waals surface area contributed by atoms with Crippen LogP contribution in [0, 0.1) is 12.8 Å². The van der Waals surface area contributed by atoms with Gasteiger partial charge in [-0.3, -0.25) is 34.6 Å². The van der Waals surface area contributed by atoms with E-state index in [0.29, 0.717) is 60.3 Å². The van der Waals surface area contributed by atoms with E-state index in [1.807, 2.05) is 99.2 Å². The number of hydrogen-bond acceptors (Lipinski definition) is 13. The summed E-state index contributed by atoms with van der Waals surface area (Å²) in [5, 5.41) is 11.8. The van der Waals surface area contributed by atoms with E-state index in [0.717, 1.165) is 119 Å². The zero-order chi connectivity index (χ0) is 54.5. The molecule has 4 aliphatic rings. The summed E-state index contributed by atoms with van der Waals surface area (Å²) in [7, 11) is 1.93. The highest BCUT2D eigenvalue weighted by atomic mass is 32.1. The first-order chi connectivity index (χ1) is 37.4. The first-order valence-electron chi connectivity index (χ1n) is 27.8. The molecule has 16 heteroatoms. The molecule has 15 nitrogen and oxygen atoms in total. The summed E-state index contributed by atoms with van der Waals surface area (Å²) in [4.78, 5) is 69.5. The molecule has 6 heterocycles. The van der Waals surface area contributed by atoms with Gasteiger partial charge in [0.05, 0.1) is 33.4 Å². The summed E-state index contributed by atoms with van der Waals surface area (Å²) in [5.41, 5.74) is 8.40. The Labute approximate surface area is 460 Å². The summed E-state index contributed by atoms with van der Waals surface area (Å²) in [5.74, 6) is 0.528. The van der Waals surface area contributed by atoms with Crippen molar-refractivity contribution in [3.05, 3.63) is 125 Å². The van der Waals surface area contributed by atoms with Gasteiger partial charge in [-0.1, -0.05) is 47.7 Å². The van der Waals surface area contributed by atoms with Crippen molar-refractivity contribution < 1.29 is 28.7 Å². The maximum absolute atomic E-state index is 14.2. The average molecular weight is 1070 g/mol. The lowest BCUT2D eigenvalue weighted by molar-refractivity contribution is -0.134. The second-order valence-electron chi connectivity index (χ2n) is 23.4. The number of carbonyl (C=O) groups excluding carboxylic acids is 4. The number of esters is 1. The molecule has 1 saturated carbocycles. The van der Waals surface area contributed by atoms with Gasteiger partial charge in [-0.2, -0.15) is 5.10 Å². The normalized spacial score (nSPS) is 19.9. The van der Waals surface area contributed by atoms with Gasteiger partial charge < -0.3 is 19.3 Å². The SMILES string of the molecule is Cc1c(O[C@H]2CC[C@H](CCCN3CCN(c4ccc5c(C6CCC(=O)NC6=O)nn(C)c5c4)CC3(C)C)CC2)cccc1-c1ccc(N2CCc3cccc(C(=O)Nc4nc5ccccc5s4)c3C2)nc1C(=O)OC(C)(C)C. The van der Waals surface area contributed by atoms with Gasteiger partial charge in [-0.25, -0.2) is 14.8 Å². The van der Waals surface area contributed by atoms with Crippen molar-refractivity contribution in [2.75, 3.05) is 47.8 Å². The molecule has 2 saturated heterocycles. The summed E-state index contributed by atoms with van der Waals surface area (Å²) < 4.78 is 15.7. The number of para-hydroxylation sites is 1. The first-order valence-corrected chi connectivity index (χ1v) is 28.6. The number of imide groups is 1. The fourth-order valence-corrected chi connectivity index (χ4v) is 13.1. The molecule has 3 aromatic heterocycles. The largest absolute Gasteiger partial charge is 0.490 e. The number of hydrogen-bond donors (Lipinski definition) is 2. The van der Waals surface area contributed by atoms with Crippen LogP contribution in [0.1, 0.15) is 135 Å². The maximum atomic E-state index is 14.2. The second-order valence-corrected chi connectivity index (χ2v) is 24.4. The Morgan fingerprint density at radius 2 is 1.67 bits per heavy atom. The van der Waals surface area contributed by atoms with E-state index in [1.54, 1.807) is 0 Å². The summed E-state index contributed by atoms with van der Waals surface area (Å²) >= 11 is 1.45. The number of pyridine rings is 1. The molecule has 4 aromatic carbocycles. The number of piperidine rings is 1. The topological polar surface area (TPSA) is 164 Å². The van der Waals surface area contributed by atoms with Crippen LogP contribution < -0.4 is 25.2 Å². The van der Waals surface area contributed by atoms with Crippen molar-refractivity contribution in [1.82, 2.24) is 30.0 Å². The standard InChI is InChI=1S/C62H71N9O6S/c1-38-43(44-26-28-53(64-56(44)59(75)77-61(2,3)4)69-32-30-40-14-10-16-45(48(40)36-69)57(73)66-60-63-49-17-8-9-19-52(49)78-60)15-11-18-51(38)76-42-23-20-39(21-24-42)13-12-31-71-34-33-70(37-62(71,5)6)41-22-25-46-50(35-41)68(7)67-55(46)47-27-29-54(72)65-58(47)74/h8-11,14-19,22,25-26,28,35,39,42,47H,12-13,20-21,23-24,27,29-34,36-37H2,1-7H3,(H,63,66,73)(H,65,72,74)/t39-,42-,47?. The number of nitrogens with zero attached hydrogens (tertiary/aromatic N) is 7. The lowest BCUT2D eigenvalue weighted by Crippen LogP contribution is -2.59. The Kier molecular flexibility index (Phi) is 14.6. The highest BCUT2D eigenvalue weighted by Gasteiger charge is 2.36. The number of rotatable bonds is 13. The number of anilines is 3. The van der Waals surface area contributed by atoms with Crippen molar-refractivity contribution in [1.29, 1.82) is 0 Å². The van der Waals surface area contributed by atoms with Crippen molar-refractivity contribution in [3.63, 3.8) is 0 Å². The smallest absolute Gasteiger partial charge is 0.358 e. The number of amides is 3. The Morgan fingerprint density at radius 3 is 2.45 bits per heavy atom. The summed E-state index contributed by atoms with van der Waals surface area (Å²) in [6.07, 6.45) is 8.26. The minimum Gasteiger partial charge on any atom is -0.490 e. The van der Waals surface area contributed by atoms with Crippen LogP contribution in [-0.4, -0.2) is 98.3 Å². The quantitative estimate of drug-likeness (QED) is 0.0831. The molecule has 1 unspecified atom stereocenters. The third kappa shape index (κ3) is 11.1. The van der Waals surface area contributed by atoms with Crippen LogP contribution in [-0.2, 0) is 34.3 Å². The van der Waals surface area contributed by atoms with Gasteiger partial charge in [-0.05, 0) is 182 Å². The average Bonchev–Trinajstić information content (AvgIpc) is 4.15. The van der Waals surface area contributed by atoms with Gasteiger partial charge in [0.1, 0.15) is 17.2 Å². The van der Waals surface area contributed by atoms with Crippen LogP contribution in [0.5, 0.6) is 5.75 Å². The molecule has 0 spiro atoms. The van der Waals surface area contributed by atoms with Crippen molar-refractivity contribution >= 4 is 72.8 Å². The fraction of sp³-hybridized carbons (Fsp3) is 0.435. The summed E-state index contributed by atoms with van der Waals surface area (Å²) in [6, 6.07) is 30.2. The predicted octanol–water partition coefficient (Wildman–Crippen LogP) is 11.2. The predicted molar refractivity (Wildman–Crippen MR) is 308 cm³/mol. The van der Waals surface area contributed by atoms with Gasteiger partial charge >= 0.3 is 5.97 Å². The molecule has 3 amide bonds. The van der Waals surface area contributed by atoms with E-state index >= 15 is 0 Å². The van der Waals surface area contributed by atoms with E-state index in [1.165, 1.54) is 17.8 Å². The number of nitrogens with one attached hydrogen (secondary N) is 2. The third-order valence-electron chi connectivity index (χ3n) is 16.4. The highest BCUT2D eigenvalue weighted by molar-refractivity contribution is 7.22. The molecular formula is C62H71N9O6S. The lowest BCUT2D eigenvalue weighted by atomic mass is 9.84. The number of ether oxygens (including phenoxy) is 2. The Hall–Kier alpha value is -7.17. The molecular weight excluding hydrogens is 999 g/mol. The second kappa shape index (κ2) is 21.6. The molecule has 7 aromatic rings. The number of carbonyl (C=O) groups is 4.